The first-order valence-corrected chi connectivity index (χ1v) is 6.30. The van der Waals surface area contributed by atoms with Crippen molar-refractivity contribution in [3.8, 4) is 0 Å². The summed E-state index contributed by atoms with van der Waals surface area (Å²) in [6.07, 6.45) is 16.4. The molecule has 90 valence electrons. The van der Waals surface area contributed by atoms with E-state index < -0.39 is 0 Å². The zero-order valence-electron chi connectivity index (χ0n) is 10.6. The van der Waals surface area contributed by atoms with Gasteiger partial charge in [0.25, 0.3) is 0 Å². The molecule has 0 rings (SSSR count). The molecular formula is C15H25N. The standard InChI is InChI=1S/C15H25N/c1-4-7-8-9-10-11-12-15(5-2)13-14-16-6-3/h5-6,13-14H,2-4,7-12H2,1H3/b15-13+,16-14-. The number of hydrogen-bond acceptors (Lipinski definition) is 1. The number of rotatable bonds is 10. The van der Waals surface area contributed by atoms with Crippen LogP contribution >= 0.6 is 0 Å². The second kappa shape index (κ2) is 12.0. The van der Waals surface area contributed by atoms with Crippen molar-refractivity contribution in [3.63, 3.8) is 0 Å². The zero-order valence-corrected chi connectivity index (χ0v) is 10.6. The average molecular weight is 219 g/mol. The Kier molecular flexibility index (Phi) is 11.1. The van der Waals surface area contributed by atoms with E-state index in [4.69, 9.17) is 0 Å². The lowest BCUT2D eigenvalue weighted by Gasteiger charge is -2.01. The second-order valence-corrected chi connectivity index (χ2v) is 3.94. The molecule has 1 heteroatoms. The molecule has 1 nitrogen and oxygen atoms in total. The molecule has 0 atom stereocenters. The maximum Gasteiger partial charge on any atom is 0.0270 e. The molecule has 0 aromatic heterocycles. The molecule has 0 bridgehead atoms. The summed E-state index contributed by atoms with van der Waals surface area (Å²) in [5, 5.41) is 0. The Morgan fingerprint density at radius 1 is 1.06 bits per heavy atom. The highest BCUT2D eigenvalue weighted by Gasteiger charge is 1.93. The van der Waals surface area contributed by atoms with Gasteiger partial charge in [0, 0.05) is 12.4 Å². The predicted molar refractivity (Wildman–Crippen MR) is 75.0 cm³/mol. The Labute approximate surface area is 101 Å². The van der Waals surface area contributed by atoms with Crippen molar-refractivity contribution in [2.45, 2.75) is 51.9 Å². The molecule has 0 amide bonds. The fraction of sp³-hybridized carbons (Fsp3) is 0.533. The molecule has 0 saturated carbocycles. The SMILES string of the molecule is C=C/N=C\C=C(/C=C)CCCCCCCC. The number of hydrogen-bond donors (Lipinski definition) is 0. The molecule has 0 aromatic rings. The molecule has 0 aliphatic rings. The monoisotopic (exact) mass is 219 g/mol. The molecule has 16 heavy (non-hydrogen) atoms. The van der Waals surface area contributed by atoms with Crippen molar-refractivity contribution in [2.24, 2.45) is 4.99 Å². The molecule has 0 aliphatic heterocycles. The lowest BCUT2D eigenvalue weighted by atomic mass is 10.1. The Morgan fingerprint density at radius 2 is 1.75 bits per heavy atom. The lowest BCUT2D eigenvalue weighted by Crippen LogP contribution is -1.83. The van der Waals surface area contributed by atoms with Crippen LogP contribution in [0.3, 0.4) is 0 Å². The van der Waals surface area contributed by atoms with Gasteiger partial charge in [-0.3, -0.25) is 4.99 Å². The van der Waals surface area contributed by atoms with Gasteiger partial charge in [0.1, 0.15) is 0 Å². The van der Waals surface area contributed by atoms with Gasteiger partial charge in [0.2, 0.25) is 0 Å². The van der Waals surface area contributed by atoms with Crippen LogP contribution in [0.15, 0.2) is 42.1 Å². The summed E-state index contributed by atoms with van der Waals surface area (Å²) in [6, 6.07) is 0. The zero-order chi connectivity index (χ0) is 12.1. The van der Waals surface area contributed by atoms with Crippen molar-refractivity contribution >= 4 is 6.21 Å². The molecule has 0 unspecified atom stereocenters. The largest absolute Gasteiger partial charge is 0.265 e. The fourth-order valence-corrected chi connectivity index (χ4v) is 1.56. The lowest BCUT2D eigenvalue weighted by molar-refractivity contribution is 0.608. The van der Waals surface area contributed by atoms with Crippen LogP contribution in [-0.4, -0.2) is 6.21 Å². The van der Waals surface area contributed by atoms with Gasteiger partial charge in [-0.15, -0.1) is 0 Å². The molecule has 0 radical (unpaired) electrons. The van der Waals surface area contributed by atoms with Gasteiger partial charge in [-0.2, -0.15) is 0 Å². The summed E-state index contributed by atoms with van der Waals surface area (Å²) < 4.78 is 0. The van der Waals surface area contributed by atoms with E-state index in [0.29, 0.717) is 0 Å². The first-order chi connectivity index (χ1) is 7.85. The van der Waals surface area contributed by atoms with Gasteiger partial charge >= 0.3 is 0 Å². The number of nitrogens with zero attached hydrogens (tertiary/aromatic N) is 1. The average Bonchev–Trinajstić information content (AvgIpc) is 2.31. The van der Waals surface area contributed by atoms with Crippen LogP contribution in [-0.2, 0) is 0 Å². The van der Waals surface area contributed by atoms with Crippen LogP contribution in [0, 0.1) is 0 Å². The molecule has 0 fully saturated rings. The third-order valence-corrected chi connectivity index (χ3v) is 2.56. The number of allylic oxidation sites excluding steroid dienone is 3. The van der Waals surface area contributed by atoms with E-state index in [1.807, 2.05) is 12.2 Å². The van der Waals surface area contributed by atoms with Crippen LogP contribution in [0.1, 0.15) is 51.9 Å². The molecule has 0 aliphatic carbocycles. The Morgan fingerprint density at radius 3 is 2.38 bits per heavy atom. The van der Waals surface area contributed by atoms with Gasteiger partial charge < -0.3 is 0 Å². The van der Waals surface area contributed by atoms with Crippen LogP contribution in [0.4, 0.5) is 0 Å². The summed E-state index contributed by atoms with van der Waals surface area (Å²) in [5.74, 6) is 0. The maximum atomic E-state index is 3.94. The highest BCUT2D eigenvalue weighted by molar-refractivity contribution is 5.73. The smallest absolute Gasteiger partial charge is 0.0270 e. The topological polar surface area (TPSA) is 12.4 Å². The molecule has 0 spiro atoms. The van der Waals surface area contributed by atoms with Gasteiger partial charge in [-0.1, -0.05) is 58.3 Å². The van der Waals surface area contributed by atoms with Gasteiger partial charge in [0.15, 0.2) is 0 Å². The van der Waals surface area contributed by atoms with Crippen molar-refractivity contribution in [1.29, 1.82) is 0 Å². The van der Waals surface area contributed by atoms with E-state index in [1.165, 1.54) is 44.1 Å². The van der Waals surface area contributed by atoms with Crippen LogP contribution in [0.2, 0.25) is 0 Å². The number of aliphatic imine (C=N–C) groups is 1. The normalized spacial score (nSPS) is 11.9. The quantitative estimate of drug-likeness (QED) is 0.276. The predicted octanol–water partition coefficient (Wildman–Crippen LogP) is 5.06. The van der Waals surface area contributed by atoms with E-state index in [2.05, 4.69) is 25.1 Å². The summed E-state index contributed by atoms with van der Waals surface area (Å²) in [7, 11) is 0. The van der Waals surface area contributed by atoms with E-state index in [1.54, 1.807) is 12.4 Å². The van der Waals surface area contributed by atoms with E-state index >= 15 is 0 Å². The summed E-state index contributed by atoms with van der Waals surface area (Å²) in [4.78, 5) is 3.94. The fourth-order valence-electron chi connectivity index (χ4n) is 1.56. The minimum atomic E-state index is 1.11. The van der Waals surface area contributed by atoms with Crippen LogP contribution in [0.25, 0.3) is 0 Å². The molecule has 0 N–H and O–H groups in total. The Balaban J connectivity index is 3.62. The maximum absolute atomic E-state index is 3.94. The summed E-state index contributed by atoms with van der Waals surface area (Å²) >= 11 is 0. The highest BCUT2D eigenvalue weighted by Crippen LogP contribution is 2.11. The number of unbranched alkanes of at least 4 members (excludes halogenated alkanes) is 5. The van der Waals surface area contributed by atoms with E-state index in [9.17, 15) is 0 Å². The van der Waals surface area contributed by atoms with Crippen molar-refractivity contribution in [3.05, 3.63) is 37.1 Å². The highest BCUT2D eigenvalue weighted by atomic mass is 14.6. The molecule has 0 aromatic carbocycles. The Hall–Kier alpha value is -1.11. The van der Waals surface area contributed by atoms with Crippen LogP contribution < -0.4 is 0 Å². The second-order valence-electron chi connectivity index (χ2n) is 3.94. The summed E-state index contributed by atoms with van der Waals surface area (Å²) in [5.41, 5.74) is 1.26. The van der Waals surface area contributed by atoms with Crippen molar-refractivity contribution in [2.75, 3.05) is 0 Å². The third kappa shape index (κ3) is 9.45. The molecule has 0 saturated heterocycles. The van der Waals surface area contributed by atoms with Crippen molar-refractivity contribution in [1.82, 2.24) is 0 Å². The summed E-state index contributed by atoms with van der Waals surface area (Å²) in [6.45, 7) is 9.59. The minimum Gasteiger partial charge on any atom is -0.265 e. The van der Waals surface area contributed by atoms with E-state index in [0.717, 1.165) is 6.42 Å². The first-order valence-electron chi connectivity index (χ1n) is 6.30. The van der Waals surface area contributed by atoms with Crippen molar-refractivity contribution < 1.29 is 0 Å². The molecular weight excluding hydrogens is 194 g/mol. The molecule has 0 heterocycles. The Bertz CT molecular complexity index is 236. The van der Waals surface area contributed by atoms with Gasteiger partial charge in [-0.05, 0) is 24.5 Å². The van der Waals surface area contributed by atoms with Crippen LogP contribution in [0.5, 0.6) is 0 Å². The minimum absolute atomic E-state index is 1.11. The van der Waals surface area contributed by atoms with E-state index in [-0.39, 0.29) is 0 Å². The first kappa shape index (κ1) is 14.9. The van der Waals surface area contributed by atoms with Gasteiger partial charge in [0.05, 0.1) is 0 Å². The van der Waals surface area contributed by atoms with Gasteiger partial charge in [-0.25, -0.2) is 0 Å². The third-order valence-electron chi connectivity index (χ3n) is 2.56.